The van der Waals surface area contributed by atoms with Crippen LogP contribution >= 0.6 is 0 Å². The molecule has 0 amide bonds. The normalized spacial score (nSPS) is 23.2. The molecule has 104 valence electrons. The summed E-state index contributed by atoms with van der Waals surface area (Å²) in [7, 11) is 0. The summed E-state index contributed by atoms with van der Waals surface area (Å²) in [5.41, 5.74) is 1.34. The molecule has 1 aliphatic rings. The molecule has 6 nitrogen and oxygen atoms in total. The molecule has 0 aliphatic carbocycles. The third-order valence-corrected chi connectivity index (χ3v) is 3.34. The maximum Gasteiger partial charge on any atom is 0.303 e. The number of phenols is 2. The molecule has 2 rings (SSSR count). The lowest BCUT2D eigenvalue weighted by Crippen LogP contribution is -2.47. The van der Waals surface area contributed by atoms with Gasteiger partial charge in [-0.05, 0) is 24.5 Å². The zero-order valence-electron chi connectivity index (χ0n) is 10.7. The number of aliphatic carboxylic acids is 1. The maximum absolute atomic E-state index is 10.6. The third-order valence-electron chi connectivity index (χ3n) is 3.34. The Morgan fingerprint density at radius 2 is 1.89 bits per heavy atom. The minimum absolute atomic E-state index is 0.0183. The van der Waals surface area contributed by atoms with E-state index in [0.717, 1.165) is 0 Å². The minimum Gasteiger partial charge on any atom is -0.508 e. The van der Waals surface area contributed by atoms with Crippen molar-refractivity contribution in [1.29, 1.82) is 0 Å². The van der Waals surface area contributed by atoms with Crippen LogP contribution in [-0.4, -0.2) is 34.4 Å². The predicted octanol–water partition coefficient (Wildman–Crippen LogP) is 0.689. The number of carbonyl (C=O) groups is 1. The van der Waals surface area contributed by atoms with Crippen LogP contribution in [0.5, 0.6) is 11.5 Å². The number of rotatable bonds is 3. The van der Waals surface area contributed by atoms with Crippen molar-refractivity contribution in [2.45, 2.75) is 19.5 Å². The van der Waals surface area contributed by atoms with Crippen LogP contribution in [0.3, 0.4) is 0 Å². The smallest absolute Gasteiger partial charge is 0.303 e. The van der Waals surface area contributed by atoms with Crippen molar-refractivity contribution < 1.29 is 20.1 Å². The number of aryl methyl sites for hydroxylation is 1. The molecule has 6 heteroatoms. The molecule has 1 aliphatic heterocycles. The van der Waals surface area contributed by atoms with Crippen molar-refractivity contribution in [3.63, 3.8) is 0 Å². The fourth-order valence-electron chi connectivity index (χ4n) is 2.26. The summed E-state index contributed by atoms with van der Waals surface area (Å²) in [5, 5.41) is 34.4. The Labute approximate surface area is 111 Å². The van der Waals surface area contributed by atoms with Crippen LogP contribution in [0.1, 0.15) is 23.7 Å². The second kappa shape index (κ2) is 5.46. The summed E-state index contributed by atoms with van der Waals surface area (Å²) in [6.07, 6.45) is -0.114. The first-order chi connectivity index (χ1) is 8.97. The van der Waals surface area contributed by atoms with Crippen LogP contribution in [-0.2, 0) is 4.79 Å². The molecule has 1 heterocycles. The van der Waals surface area contributed by atoms with Crippen LogP contribution in [0.15, 0.2) is 12.1 Å². The molecule has 0 saturated carbocycles. The first kappa shape index (κ1) is 13.6. The number of phenolic OH excluding ortho intramolecular Hbond substituents is 2. The third kappa shape index (κ3) is 3.15. The molecule has 1 saturated heterocycles. The van der Waals surface area contributed by atoms with Gasteiger partial charge < -0.3 is 15.3 Å². The highest BCUT2D eigenvalue weighted by atomic mass is 16.4. The van der Waals surface area contributed by atoms with E-state index in [2.05, 4.69) is 10.6 Å². The number of benzene rings is 1. The lowest BCUT2D eigenvalue weighted by molar-refractivity contribution is -0.138. The number of carboxylic acids is 1. The Kier molecular flexibility index (Phi) is 3.92. The van der Waals surface area contributed by atoms with Crippen molar-refractivity contribution in [2.75, 3.05) is 13.1 Å². The van der Waals surface area contributed by atoms with Crippen LogP contribution in [0.4, 0.5) is 0 Å². The summed E-state index contributed by atoms with van der Waals surface area (Å²) in [6.45, 7) is 2.90. The number of aromatic hydroxyl groups is 2. The number of hydrogen-bond donors (Lipinski definition) is 5. The average Bonchev–Trinajstić information content (AvgIpc) is 2.34. The monoisotopic (exact) mass is 266 g/mol. The molecule has 0 aromatic heterocycles. The molecule has 1 fully saturated rings. The van der Waals surface area contributed by atoms with E-state index < -0.39 is 5.97 Å². The van der Waals surface area contributed by atoms with Gasteiger partial charge in [-0.1, -0.05) is 0 Å². The zero-order valence-corrected chi connectivity index (χ0v) is 10.7. The van der Waals surface area contributed by atoms with Gasteiger partial charge in [-0.15, -0.1) is 0 Å². The standard InChI is InChI=1S/C13H18N2O4/c1-7-2-9(11(17)4-10(7)16)13-14-5-8(6-15-13)3-12(18)19/h2,4,8,13-17H,3,5-6H2,1H3,(H,18,19). The Hall–Kier alpha value is -1.79. The highest BCUT2D eigenvalue weighted by molar-refractivity contribution is 5.67. The van der Waals surface area contributed by atoms with Crippen LogP contribution in [0.2, 0.25) is 0 Å². The first-order valence-electron chi connectivity index (χ1n) is 6.18. The van der Waals surface area contributed by atoms with E-state index in [1.165, 1.54) is 6.07 Å². The molecule has 0 spiro atoms. The zero-order chi connectivity index (χ0) is 14.0. The molecule has 1 aromatic carbocycles. The quantitative estimate of drug-likeness (QED) is 0.551. The Morgan fingerprint density at radius 3 is 2.47 bits per heavy atom. The van der Waals surface area contributed by atoms with E-state index >= 15 is 0 Å². The van der Waals surface area contributed by atoms with Crippen molar-refractivity contribution >= 4 is 5.97 Å². The summed E-state index contributed by atoms with van der Waals surface area (Å²) < 4.78 is 0. The van der Waals surface area contributed by atoms with E-state index in [1.54, 1.807) is 13.0 Å². The van der Waals surface area contributed by atoms with E-state index in [1.807, 2.05) is 0 Å². The predicted molar refractivity (Wildman–Crippen MR) is 69.0 cm³/mol. The van der Waals surface area contributed by atoms with Crippen LogP contribution < -0.4 is 10.6 Å². The first-order valence-corrected chi connectivity index (χ1v) is 6.18. The lowest BCUT2D eigenvalue weighted by Gasteiger charge is -2.31. The Balaban J connectivity index is 2.05. The molecular formula is C13H18N2O4. The molecule has 19 heavy (non-hydrogen) atoms. The van der Waals surface area contributed by atoms with Gasteiger partial charge in [0.15, 0.2) is 0 Å². The molecule has 0 unspecified atom stereocenters. The molecule has 0 atom stereocenters. The van der Waals surface area contributed by atoms with Gasteiger partial charge in [0.25, 0.3) is 0 Å². The average molecular weight is 266 g/mol. The number of hydrogen-bond acceptors (Lipinski definition) is 5. The van der Waals surface area contributed by atoms with E-state index in [-0.39, 0.29) is 30.0 Å². The number of nitrogens with one attached hydrogen (secondary N) is 2. The van der Waals surface area contributed by atoms with Gasteiger partial charge in [0.2, 0.25) is 0 Å². The summed E-state index contributed by atoms with van der Waals surface area (Å²) in [6, 6.07) is 3.03. The molecular weight excluding hydrogens is 248 g/mol. The van der Waals surface area contributed by atoms with Gasteiger partial charge >= 0.3 is 5.97 Å². The van der Waals surface area contributed by atoms with Crippen molar-refractivity contribution in [1.82, 2.24) is 10.6 Å². The van der Waals surface area contributed by atoms with Crippen molar-refractivity contribution in [3.05, 3.63) is 23.3 Å². The van der Waals surface area contributed by atoms with Crippen LogP contribution in [0.25, 0.3) is 0 Å². The van der Waals surface area contributed by atoms with Crippen LogP contribution in [0, 0.1) is 12.8 Å². The summed E-state index contributed by atoms with van der Waals surface area (Å²) in [5.74, 6) is -0.699. The SMILES string of the molecule is Cc1cc(C2NCC(CC(=O)O)CN2)c(O)cc1O. The largest absolute Gasteiger partial charge is 0.508 e. The highest BCUT2D eigenvalue weighted by Gasteiger charge is 2.24. The topological polar surface area (TPSA) is 102 Å². The van der Waals surface area contributed by atoms with Crippen molar-refractivity contribution in [2.24, 2.45) is 5.92 Å². The van der Waals surface area contributed by atoms with E-state index in [0.29, 0.717) is 24.2 Å². The van der Waals surface area contributed by atoms with Crippen molar-refractivity contribution in [3.8, 4) is 11.5 Å². The fourth-order valence-corrected chi connectivity index (χ4v) is 2.26. The molecule has 5 N–H and O–H groups in total. The van der Waals surface area contributed by atoms with Gasteiger partial charge in [-0.3, -0.25) is 15.4 Å². The highest BCUT2D eigenvalue weighted by Crippen LogP contribution is 2.31. The number of carboxylic acid groups (broad SMARTS) is 1. The second-order valence-electron chi connectivity index (χ2n) is 4.91. The van der Waals surface area contributed by atoms with E-state index in [4.69, 9.17) is 5.11 Å². The Morgan fingerprint density at radius 1 is 1.26 bits per heavy atom. The minimum atomic E-state index is -0.810. The van der Waals surface area contributed by atoms with Gasteiger partial charge in [0, 0.05) is 24.7 Å². The van der Waals surface area contributed by atoms with Gasteiger partial charge in [-0.2, -0.15) is 0 Å². The second-order valence-corrected chi connectivity index (χ2v) is 4.91. The molecule has 0 radical (unpaired) electrons. The fraction of sp³-hybridized carbons (Fsp3) is 0.462. The van der Waals surface area contributed by atoms with Gasteiger partial charge in [-0.25, -0.2) is 0 Å². The lowest BCUT2D eigenvalue weighted by atomic mass is 10.00. The molecule has 1 aromatic rings. The summed E-state index contributed by atoms with van der Waals surface area (Å²) >= 11 is 0. The van der Waals surface area contributed by atoms with E-state index in [9.17, 15) is 15.0 Å². The summed E-state index contributed by atoms with van der Waals surface area (Å²) in [4.78, 5) is 10.6. The maximum atomic E-state index is 10.6. The Bertz CT molecular complexity index is 482. The molecule has 0 bridgehead atoms. The van der Waals surface area contributed by atoms with Gasteiger partial charge in [0.1, 0.15) is 11.5 Å². The van der Waals surface area contributed by atoms with Gasteiger partial charge in [0.05, 0.1) is 12.6 Å².